The molecule has 0 amide bonds. The highest BCUT2D eigenvalue weighted by atomic mass is 32.2. The third-order valence-electron chi connectivity index (χ3n) is 1.98. The van der Waals surface area contributed by atoms with E-state index in [4.69, 9.17) is 4.74 Å². The van der Waals surface area contributed by atoms with E-state index in [-0.39, 0.29) is 5.60 Å². The number of methoxy groups -OCH3 is 1. The van der Waals surface area contributed by atoms with Crippen LogP contribution in [-0.2, 0) is 14.8 Å². The van der Waals surface area contributed by atoms with Gasteiger partial charge in [0.15, 0.2) is 0 Å². The fraction of sp³-hybridized carbons (Fsp3) is 1.00. The van der Waals surface area contributed by atoms with Gasteiger partial charge < -0.3 is 4.74 Å². The van der Waals surface area contributed by atoms with Gasteiger partial charge in [-0.3, -0.25) is 0 Å². The normalized spacial score (nSPS) is 21.3. The lowest BCUT2D eigenvalue weighted by molar-refractivity contribution is -0.0766. The standard InChI is InChI=1S/C6H13NO3S.C2H6/c1-6(10-2)4-7(5-6)11(3,8)9;1-2/h4-5H2,1-3H3;1-2H3. The van der Waals surface area contributed by atoms with Crippen molar-refractivity contribution >= 4 is 10.0 Å². The molecule has 13 heavy (non-hydrogen) atoms. The summed E-state index contributed by atoms with van der Waals surface area (Å²) in [5.74, 6) is 0. The predicted molar refractivity (Wildman–Crippen MR) is 53.2 cm³/mol. The molecule has 0 aromatic heterocycles. The minimum Gasteiger partial charge on any atom is -0.376 e. The second kappa shape index (κ2) is 4.39. The van der Waals surface area contributed by atoms with Crippen LogP contribution in [0.1, 0.15) is 20.8 Å². The molecular weight excluding hydrogens is 190 g/mol. The summed E-state index contributed by atoms with van der Waals surface area (Å²) in [4.78, 5) is 0. The summed E-state index contributed by atoms with van der Waals surface area (Å²) in [6.45, 7) is 6.85. The monoisotopic (exact) mass is 209 g/mol. The van der Waals surface area contributed by atoms with E-state index in [1.54, 1.807) is 7.11 Å². The molecule has 0 radical (unpaired) electrons. The largest absolute Gasteiger partial charge is 0.376 e. The van der Waals surface area contributed by atoms with Crippen LogP contribution in [0.3, 0.4) is 0 Å². The van der Waals surface area contributed by atoms with Crippen LogP contribution in [0, 0.1) is 0 Å². The molecule has 0 atom stereocenters. The molecule has 1 fully saturated rings. The minimum atomic E-state index is -2.99. The van der Waals surface area contributed by atoms with Crippen LogP contribution in [0.25, 0.3) is 0 Å². The summed E-state index contributed by atoms with van der Waals surface area (Å²) in [6, 6.07) is 0. The molecule has 0 unspecified atom stereocenters. The molecule has 80 valence electrons. The van der Waals surface area contributed by atoms with Gasteiger partial charge in [-0.05, 0) is 6.92 Å². The molecule has 0 aromatic rings. The number of hydrogen-bond donors (Lipinski definition) is 0. The molecule has 0 aliphatic carbocycles. The number of ether oxygens (including phenoxy) is 1. The Morgan fingerprint density at radius 1 is 1.31 bits per heavy atom. The SMILES string of the molecule is CC.COC1(C)CN(S(C)(=O)=O)C1. The molecule has 0 saturated carbocycles. The first kappa shape index (κ1) is 12.9. The highest BCUT2D eigenvalue weighted by Gasteiger charge is 2.43. The van der Waals surface area contributed by atoms with Gasteiger partial charge in [0.1, 0.15) is 0 Å². The molecule has 1 heterocycles. The van der Waals surface area contributed by atoms with Gasteiger partial charge in [0.2, 0.25) is 10.0 Å². The van der Waals surface area contributed by atoms with Gasteiger partial charge in [0.25, 0.3) is 0 Å². The van der Waals surface area contributed by atoms with Crippen LogP contribution in [0.4, 0.5) is 0 Å². The van der Waals surface area contributed by atoms with E-state index in [2.05, 4.69) is 0 Å². The van der Waals surface area contributed by atoms with Crippen molar-refractivity contribution in [3.63, 3.8) is 0 Å². The molecule has 5 heteroatoms. The van der Waals surface area contributed by atoms with Crippen molar-refractivity contribution in [2.24, 2.45) is 0 Å². The smallest absolute Gasteiger partial charge is 0.211 e. The molecule has 1 aliphatic rings. The van der Waals surface area contributed by atoms with Gasteiger partial charge in [-0.25, -0.2) is 8.42 Å². The van der Waals surface area contributed by atoms with Crippen LogP contribution in [-0.4, -0.2) is 44.8 Å². The average molecular weight is 209 g/mol. The van der Waals surface area contributed by atoms with Gasteiger partial charge >= 0.3 is 0 Å². The Balaban J connectivity index is 0.000000671. The third-order valence-corrected chi connectivity index (χ3v) is 3.18. The molecular formula is C8H19NO3S. The Hall–Kier alpha value is -0.130. The Kier molecular flexibility index (Phi) is 4.35. The fourth-order valence-electron chi connectivity index (χ4n) is 1.06. The maximum Gasteiger partial charge on any atom is 0.211 e. The number of hydrogen-bond acceptors (Lipinski definition) is 3. The van der Waals surface area contributed by atoms with E-state index in [0.29, 0.717) is 13.1 Å². The van der Waals surface area contributed by atoms with Crippen molar-refractivity contribution < 1.29 is 13.2 Å². The van der Waals surface area contributed by atoms with Crippen molar-refractivity contribution in [3.05, 3.63) is 0 Å². The lowest BCUT2D eigenvalue weighted by Gasteiger charge is -2.44. The summed E-state index contributed by atoms with van der Waals surface area (Å²) in [5, 5.41) is 0. The Bertz CT molecular complexity index is 242. The lowest BCUT2D eigenvalue weighted by atomic mass is 10.0. The number of nitrogens with zero attached hydrogens (tertiary/aromatic N) is 1. The van der Waals surface area contributed by atoms with Crippen LogP contribution in [0.5, 0.6) is 0 Å². The second-order valence-electron chi connectivity index (χ2n) is 3.19. The quantitative estimate of drug-likeness (QED) is 0.672. The molecule has 0 spiro atoms. The van der Waals surface area contributed by atoms with Gasteiger partial charge in [0.05, 0.1) is 11.9 Å². The first-order valence-electron chi connectivity index (χ1n) is 4.38. The molecule has 0 N–H and O–H groups in total. The van der Waals surface area contributed by atoms with E-state index in [1.807, 2.05) is 20.8 Å². The number of sulfonamides is 1. The van der Waals surface area contributed by atoms with E-state index >= 15 is 0 Å². The lowest BCUT2D eigenvalue weighted by Crippen LogP contribution is -2.62. The first-order chi connectivity index (χ1) is 5.87. The van der Waals surface area contributed by atoms with Gasteiger partial charge in [-0.15, -0.1) is 0 Å². The molecule has 0 aromatic carbocycles. The Morgan fingerprint density at radius 3 is 1.92 bits per heavy atom. The minimum absolute atomic E-state index is 0.261. The third kappa shape index (κ3) is 3.25. The summed E-state index contributed by atoms with van der Waals surface area (Å²) < 4.78 is 28.3. The van der Waals surface area contributed by atoms with Crippen molar-refractivity contribution in [2.45, 2.75) is 26.4 Å². The predicted octanol–water partition coefficient (Wildman–Crippen LogP) is 0.693. The van der Waals surface area contributed by atoms with E-state index in [1.165, 1.54) is 10.6 Å². The molecule has 4 nitrogen and oxygen atoms in total. The molecule has 1 rings (SSSR count). The maximum atomic E-state index is 10.9. The highest BCUT2D eigenvalue weighted by molar-refractivity contribution is 7.88. The van der Waals surface area contributed by atoms with Crippen LogP contribution < -0.4 is 0 Å². The first-order valence-corrected chi connectivity index (χ1v) is 6.22. The van der Waals surface area contributed by atoms with Crippen molar-refractivity contribution in [1.29, 1.82) is 0 Å². The van der Waals surface area contributed by atoms with E-state index in [0.717, 1.165) is 0 Å². The highest BCUT2D eigenvalue weighted by Crippen LogP contribution is 2.25. The van der Waals surface area contributed by atoms with Crippen LogP contribution >= 0.6 is 0 Å². The van der Waals surface area contributed by atoms with Crippen molar-refractivity contribution in [1.82, 2.24) is 4.31 Å². The summed E-state index contributed by atoms with van der Waals surface area (Å²) in [6.07, 6.45) is 1.21. The maximum absolute atomic E-state index is 10.9. The van der Waals surface area contributed by atoms with Gasteiger partial charge in [-0.2, -0.15) is 4.31 Å². The van der Waals surface area contributed by atoms with Crippen molar-refractivity contribution in [3.8, 4) is 0 Å². The van der Waals surface area contributed by atoms with Crippen LogP contribution in [0.2, 0.25) is 0 Å². The van der Waals surface area contributed by atoms with Gasteiger partial charge in [-0.1, -0.05) is 13.8 Å². The molecule has 1 aliphatic heterocycles. The summed E-state index contributed by atoms with van der Waals surface area (Å²) in [7, 11) is -1.40. The molecule has 1 saturated heterocycles. The Morgan fingerprint density at radius 2 is 1.69 bits per heavy atom. The zero-order chi connectivity index (χ0) is 10.7. The van der Waals surface area contributed by atoms with E-state index in [9.17, 15) is 8.42 Å². The molecule has 0 bridgehead atoms. The zero-order valence-corrected chi connectivity index (χ0v) is 9.81. The zero-order valence-electron chi connectivity index (χ0n) is 8.99. The van der Waals surface area contributed by atoms with Crippen molar-refractivity contribution in [2.75, 3.05) is 26.5 Å². The topological polar surface area (TPSA) is 46.6 Å². The second-order valence-corrected chi connectivity index (χ2v) is 5.17. The summed E-state index contributed by atoms with van der Waals surface area (Å²) >= 11 is 0. The number of rotatable bonds is 2. The van der Waals surface area contributed by atoms with Crippen LogP contribution in [0.15, 0.2) is 0 Å². The van der Waals surface area contributed by atoms with E-state index < -0.39 is 10.0 Å². The Labute approximate surface area is 80.9 Å². The average Bonchev–Trinajstić information content (AvgIpc) is 2.01. The van der Waals surface area contributed by atoms with Gasteiger partial charge in [0, 0.05) is 20.2 Å². The fourth-order valence-corrected chi connectivity index (χ4v) is 2.08. The summed E-state index contributed by atoms with van der Waals surface area (Å²) in [5.41, 5.74) is -0.261.